The summed E-state index contributed by atoms with van der Waals surface area (Å²) >= 11 is 0. The highest BCUT2D eigenvalue weighted by Gasteiger charge is 2.42. The van der Waals surface area contributed by atoms with Crippen molar-refractivity contribution < 1.29 is 0 Å². The molecule has 0 bridgehead atoms. The summed E-state index contributed by atoms with van der Waals surface area (Å²) in [6.07, 6.45) is 2.41. The van der Waals surface area contributed by atoms with E-state index in [-0.39, 0.29) is 0 Å². The van der Waals surface area contributed by atoms with Crippen LogP contribution >= 0.6 is 0 Å². The summed E-state index contributed by atoms with van der Waals surface area (Å²) in [5.41, 5.74) is 14.7. The van der Waals surface area contributed by atoms with Gasteiger partial charge in [-0.15, -0.1) is 5.10 Å². The zero-order chi connectivity index (χ0) is 32.1. The fourth-order valence-corrected chi connectivity index (χ4v) is 6.58. The standard InChI is InChI=1S/C40H37N7/c1-2-38-42-36(26-27-41)37(43-38)28-29-22-24-30(25-23-29)34-20-12-13-21-35(34)39-44-45-46-47(39)40(31-14-6-3-7-15-31,32-16-8-4-9-17-32)33-18-10-5-11-19-33/h3-25H,2,26-28,41H2,1H3,(H,42,43). The third-order valence-corrected chi connectivity index (χ3v) is 8.81. The minimum atomic E-state index is -0.831. The second-order valence-electron chi connectivity index (χ2n) is 11.6. The van der Waals surface area contributed by atoms with E-state index in [1.807, 2.05) is 28.9 Å². The van der Waals surface area contributed by atoms with Gasteiger partial charge in [-0.3, -0.25) is 0 Å². The third-order valence-electron chi connectivity index (χ3n) is 8.81. The summed E-state index contributed by atoms with van der Waals surface area (Å²) < 4.78 is 1.99. The van der Waals surface area contributed by atoms with Gasteiger partial charge in [0.15, 0.2) is 5.82 Å². The van der Waals surface area contributed by atoms with Crippen molar-refractivity contribution in [3.05, 3.63) is 179 Å². The van der Waals surface area contributed by atoms with Gasteiger partial charge in [-0.1, -0.05) is 146 Å². The highest BCUT2D eigenvalue weighted by molar-refractivity contribution is 5.81. The van der Waals surface area contributed by atoms with Crippen LogP contribution in [-0.2, 0) is 24.8 Å². The smallest absolute Gasteiger partial charge is 0.184 e. The first-order valence-electron chi connectivity index (χ1n) is 16.1. The maximum Gasteiger partial charge on any atom is 0.184 e. The maximum absolute atomic E-state index is 5.88. The van der Waals surface area contributed by atoms with Crippen LogP contribution in [0.1, 0.15) is 46.4 Å². The average Bonchev–Trinajstić information content (AvgIpc) is 3.78. The molecule has 7 nitrogen and oxygen atoms in total. The molecule has 232 valence electrons. The molecule has 0 fully saturated rings. The molecular formula is C40H37N7. The molecule has 0 amide bonds. The van der Waals surface area contributed by atoms with E-state index in [9.17, 15) is 0 Å². The number of benzene rings is 5. The molecule has 0 spiro atoms. The third kappa shape index (κ3) is 5.66. The van der Waals surface area contributed by atoms with E-state index < -0.39 is 5.54 Å². The van der Waals surface area contributed by atoms with Crippen LogP contribution in [0.3, 0.4) is 0 Å². The number of aromatic nitrogens is 6. The van der Waals surface area contributed by atoms with Crippen molar-refractivity contribution in [1.29, 1.82) is 0 Å². The fraction of sp³-hybridized carbons (Fsp3) is 0.150. The minimum Gasteiger partial charge on any atom is -0.345 e. The van der Waals surface area contributed by atoms with Crippen LogP contribution in [0.25, 0.3) is 22.5 Å². The molecule has 0 unspecified atom stereocenters. The molecule has 5 aromatic carbocycles. The van der Waals surface area contributed by atoms with E-state index in [0.717, 1.165) is 69.9 Å². The van der Waals surface area contributed by atoms with Crippen molar-refractivity contribution >= 4 is 0 Å². The molecule has 0 aliphatic heterocycles. The summed E-state index contributed by atoms with van der Waals surface area (Å²) in [6.45, 7) is 2.69. The Morgan fingerprint density at radius 1 is 0.681 bits per heavy atom. The molecule has 0 aliphatic carbocycles. The summed E-state index contributed by atoms with van der Waals surface area (Å²) in [5, 5.41) is 13.8. The van der Waals surface area contributed by atoms with Gasteiger partial charge in [0.1, 0.15) is 11.4 Å². The zero-order valence-electron chi connectivity index (χ0n) is 26.4. The first-order chi connectivity index (χ1) is 23.2. The van der Waals surface area contributed by atoms with Gasteiger partial charge in [-0.25, -0.2) is 9.67 Å². The van der Waals surface area contributed by atoms with Gasteiger partial charge in [-0.05, 0) is 50.4 Å². The van der Waals surface area contributed by atoms with Crippen LogP contribution in [0, 0.1) is 0 Å². The monoisotopic (exact) mass is 615 g/mol. The summed E-state index contributed by atoms with van der Waals surface area (Å²) in [5.74, 6) is 1.68. The van der Waals surface area contributed by atoms with Crippen molar-refractivity contribution in [2.45, 2.75) is 31.7 Å². The second kappa shape index (κ2) is 13.4. The minimum absolute atomic E-state index is 0.580. The van der Waals surface area contributed by atoms with Crippen molar-refractivity contribution in [2.24, 2.45) is 5.73 Å². The molecule has 0 radical (unpaired) electrons. The Bertz CT molecular complexity index is 1950. The van der Waals surface area contributed by atoms with Gasteiger partial charge in [-0.2, -0.15) is 0 Å². The van der Waals surface area contributed by atoms with Gasteiger partial charge in [0, 0.05) is 30.5 Å². The molecule has 0 saturated carbocycles. The lowest BCUT2D eigenvalue weighted by atomic mass is 9.77. The van der Waals surface area contributed by atoms with E-state index in [1.165, 1.54) is 5.56 Å². The Hall–Kier alpha value is -5.66. The topological polar surface area (TPSA) is 98.3 Å². The number of aromatic amines is 1. The average molecular weight is 616 g/mol. The number of hydrogen-bond acceptors (Lipinski definition) is 5. The number of H-pyrrole nitrogens is 1. The highest BCUT2D eigenvalue weighted by Crippen LogP contribution is 2.43. The second-order valence-corrected chi connectivity index (χ2v) is 11.6. The van der Waals surface area contributed by atoms with E-state index >= 15 is 0 Å². The molecule has 0 atom stereocenters. The SMILES string of the molecule is CCc1nc(CCN)c(Cc2ccc(-c3ccccc3-c3nnnn3C(c3ccccc3)(c3ccccc3)c3ccccc3)cc2)[nH]1. The normalized spacial score (nSPS) is 11.5. The molecule has 7 rings (SSSR count). The molecule has 2 heterocycles. The fourth-order valence-electron chi connectivity index (χ4n) is 6.58. The number of aryl methyl sites for hydroxylation is 1. The van der Waals surface area contributed by atoms with Crippen LogP contribution in [-0.4, -0.2) is 36.7 Å². The molecule has 2 aromatic heterocycles. The predicted molar refractivity (Wildman–Crippen MR) is 187 cm³/mol. The van der Waals surface area contributed by atoms with Crippen LogP contribution in [0.4, 0.5) is 0 Å². The Morgan fingerprint density at radius 3 is 1.79 bits per heavy atom. The lowest BCUT2D eigenvalue weighted by Gasteiger charge is -2.36. The van der Waals surface area contributed by atoms with E-state index in [1.54, 1.807) is 0 Å². The molecule has 0 saturated heterocycles. The van der Waals surface area contributed by atoms with Crippen molar-refractivity contribution in [2.75, 3.05) is 6.54 Å². The van der Waals surface area contributed by atoms with Gasteiger partial charge < -0.3 is 10.7 Å². The van der Waals surface area contributed by atoms with Crippen LogP contribution < -0.4 is 5.73 Å². The summed E-state index contributed by atoms with van der Waals surface area (Å²) in [6, 6.07) is 48.5. The number of hydrogen-bond donors (Lipinski definition) is 2. The summed E-state index contributed by atoms with van der Waals surface area (Å²) in [7, 11) is 0. The number of nitrogens with one attached hydrogen (secondary N) is 1. The first-order valence-corrected chi connectivity index (χ1v) is 16.1. The quantitative estimate of drug-likeness (QED) is 0.150. The van der Waals surface area contributed by atoms with Crippen LogP contribution in [0.2, 0.25) is 0 Å². The Balaban J connectivity index is 1.35. The lowest BCUT2D eigenvalue weighted by Crippen LogP contribution is -2.39. The molecule has 7 heteroatoms. The Labute approximate surface area is 275 Å². The number of nitrogens with two attached hydrogens (primary N) is 1. The number of rotatable bonds is 11. The van der Waals surface area contributed by atoms with Gasteiger partial charge in [0.25, 0.3) is 0 Å². The first kappa shape index (κ1) is 30.0. The molecular weight excluding hydrogens is 578 g/mol. The van der Waals surface area contributed by atoms with Crippen molar-refractivity contribution in [3.8, 4) is 22.5 Å². The highest BCUT2D eigenvalue weighted by atomic mass is 15.6. The maximum atomic E-state index is 5.88. The lowest BCUT2D eigenvalue weighted by molar-refractivity contribution is 0.451. The molecule has 0 aliphatic rings. The number of tetrazole rings is 1. The van der Waals surface area contributed by atoms with Crippen molar-refractivity contribution in [1.82, 2.24) is 30.2 Å². The Kier molecular flexibility index (Phi) is 8.54. The molecule has 3 N–H and O–H groups in total. The zero-order valence-corrected chi connectivity index (χ0v) is 26.4. The van der Waals surface area contributed by atoms with E-state index in [0.29, 0.717) is 12.4 Å². The van der Waals surface area contributed by atoms with Gasteiger partial charge in [0.05, 0.1) is 5.69 Å². The van der Waals surface area contributed by atoms with Crippen LogP contribution in [0.5, 0.6) is 0 Å². The summed E-state index contributed by atoms with van der Waals surface area (Å²) in [4.78, 5) is 8.26. The predicted octanol–water partition coefficient (Wildman–Crippen LogP) is 7.22. The van der Waals surface area contributed by atoms with Crippen molar-refractivity contribution in [3.63, 3.8) is 0 Å². The molecule has 47 heavy (non-hydrogen) atoms. The van der Waals surface area contributed by atoms with Gasteiger partial charge in [0.2, 0.25) is 0 Å². The van der Waals surface area contributed by atoms with Crippen LogP contribution in [0.15, 0.2) is 140 Å². The number of imidazole rings is 1. The Morgan fingerprint density at radius 2 is 1.23 bits per heavy atom. The van der Waals surface area contributed by atoms with Gasteiger partial charge >= 0.3 is 0 Å². The van der Waals surface area contributed by atoms with E-state index in [4.69, 9.17) is 21.0 Å². The number of nitrogens with zero attached hydrogens (tertiary/aromatic N) is 5. The largest absolute Gasteiger partial charge is 0.345 e. The van der Waals surface area contributed by atoms with E-state index in [2.05, 4.69) is 132 Å². The molecule has 7 aromatic rings.